The molecule has 0 unspecified atom stereocenters. The Morgan fingerprint density at radius 2 is 2.04 bits per heavy atom. The Morgan fingerprint density at radius 1 is 1.28 bits per heavy atom. The maximum Gasteiger partial charge on any atom is 0.276 e. The fourth-order valence-electron chi connectivity index (χ4n) is 2.40. The molecule has 0 saturated carbocycles. The van der Waals surface area contributed by atoms with Gasteiger partial charge in [-0.2, -0.15) is 10.2 Å². The quantitative estimate of drug-likeness (QED) is 0.749. The van der Waals surface area contributed by atoms with Crippen LogP contribution in [0.3, 0.4) is 0 Å². The molecule has 0 aliphatic heterocycles. The first-order valence-electron chi connectivity index (χ1n) is 7.33. The van der Waals surface area contributed by atoms with Gasteiger partial charge in [0.25, 0.3) is 5.91 Å². The molecule has 2 aromatic heterocycles. The van der Waals surface area contributed by atoms with E-state index in [0.29, 0.717) is 33.7 Å². The molecular weight excluding hydrogens is 368 g/mol. The lowest BCUT2D eigenvalue weighted by Gasteiger charge is -2.05. The Kier molecular flexibility index (Phi) is 4.78. The lowest BCUT2D eigenvalue weighted by atomic mass is 10.2. The molecule has 0 radical (unpaired) electrons. The van der Waals surface area contributed by atoms with E-state index in [0.717, 1.165) is 0 Å². The number of amides is 1. The first-order chi connectivity index (χ1) is 11.8. The number of nitrogens with one attached hydrogen (secondary N) is 1. The topological polar surface area (TPSA) is 64.7 Å². The highest BCUT2D eigenvalue weighted by molar-refractivity contribution is 6.34. The number of hydrogen-bond acceptors (Lipinski definition) is 3. The number of halogens is 3. The van der Waals surface area contributed by atoms with Crippen molar-refractivity contribution in [2.24, 2.45) is 7.05 Å². The molecule has 1 aromatic carbocycles. The van der Waals surface area contributed by atoms with Crippen LogP contribution in [0.1, 0.15) is 21.7 Å². The van der Waals surface area contributed by atoms with Gasteiger partial charge in [-0.3, -0.25) is 14.2 Å². The summed E-state index contributed by atoms with van der Waals surface area (Å²) in [6, 6.07) is 5.82. The molecule has 9 heteroatoms. The predicted octanol–water partition coefficient (Wildman–Crippen LogP) is 3.67. The van der Waals surface area contributed by atoms with Crippen molar-refractivity contribution in [1.29, 1.82) is 0 Å². The number of carbonyl (C=O) groups is 1. The van der Waals surface area contributed by atoms with Crippen LogP contribution in [-0.2, 0) is 13.6 Å². The zero-order chi connectivity index (χ0) is 18.1. The van der Waals surface area contributed by atoms with Crippen LogP contribution in [0.15, 0.2) is 30.5 Å². The number of rotatable bonds is 4. The van der Waals surface area contributed by atoms with Crippen LogP contribution in [0.2, 0.25) is 10.0 Å². The molecule has 1 N–H and O–H groups in total. The van der Waals surface area contributed by atoms with Crippen LogP contribution in [-0.4, -0.2) is 25.5 Å². The van der Waals surface area contributed by atoms with Gasteiger partial charge in [0, 0.05) is 24.3 Å². The molecule has 3 aromatic rings. The number of nitrogens with zero attached hydrogens (tertiary/aromatic N) is 4. The molecule has 0 spiro atoms. The van der Waals surface area contributed by atoms with Crippen LogP contribution in [0, 0.1) is 12.7 Å². The molecule has 0 saturated heterocycles. The van der Waals surface area contributed by atoms with Crippen LogP contribution in [0.4, 0.5) is 10.2 Å². The van der Waals surface area contributed by atoms with Crippen LogP contribution >= 0.6 is 23.2 Å². The average molecular weight is 382 g/mol. The maximum absolute atomic E-state index is 13.1. The molecule has 0 aliphatic rings. The van der Waals surface area contributed by atoms with E-state index in [1.165, 1.54) is 16.8 Å². The van der Waals surface area contributed by atoms with E-state index in [4.69, 9.17) is 23.2 Å². The second-order valence-electron chi connectivity index (χ2n) is 5.46. The van der Waals surface area contributed by atoms with Gasteiger partial charge >= 0.3 is 0 Å². The molecule has 0 aliphatic carbocycles. The third kappa shape index (κ3) is 3.67. The summed E-state index contributed by atoms with van der Waals surface area (Å²) in [5.74, 6) is -0.443. The average Bonchev–Trinajstić information content (AvgIpc) is 3.06. The van der Waals surface area contributed by atoms with Gasteiger partial charge in [0.2, 0.25) is 0 Å². The molecule has 25 heavy (non-hydrogen) atoms. The van der Waals surface area contributed by atoms with Crippen LogP contribution < -0.4 is 5.32 Å². The highest BCUT2D eigenvalue weighted by Crippen LogP contribution is 2.21. The molecule has 6 nitrogen and oxygen atoms in total. The standard InChI is InChI=1S/C16H14Cl2FN5O/c1-9-14(18)15(23(2)21-9)16(25)20-13-5-6-24(22-13)8-10-3-4-11(19)7-12(10)17/h3-7H,8H2,1-2H3,(H,20,22,25). The molecule has 130 valence electrons. The Hall–Kier alpha value is -2.38. The molecule has 3 rings (SSSR count). The molecule has 0 atom stereocenters. The van der Waals surface area contributed by atoms with E-state index in [2.05, 4.69) is 15.5 Å². The number of carbonyl (C=O) groups excluding carboxylic acids is 1. The fraction of sp³-hybridized carbons (Fsp3) is 0.188. The zero-order valence-corrected chi connectivity index (χ0v) is 14.9. The first kappa shape index (κ1) is 17.4. The van der Waals surface area contributed by atoms with Crippen LogP contribution in [0.25, 0.3) is 0 Å². The van der Waals surface area contributed by atoms with Gasteiger partial charge in [0.1, 0.15) is 11.5 Å². The highest BCUT2D eigenvalue weighted by Gasteiger charge is 2.19. The lowest BCUT2D eigenvalue weighted by molar-refractivity contribution is 0.101. The Morgan fingerprint density at radius 3 is 2.68 bits per heavy atom. The molecule has 1 amide bonds. The van der Waals surface area contributed by atoms with E-state index in [-0.39, 0.29) is 5.69 Å². The summed E-state index contributed by atoms with van der Waals surface area (Å²) in [6.07, 6.45) is 1.69. The van der Waals surface area contributed by atoms with Gasteiger partial charge in [-0.05, 0) is 24.6 Å². The second-order valence-corrected chi connectivity index (χ2v) is 6.25. The van der Waals surface area contributed by atoms with Gasteiger partial charge in [-0.1, -0.05) is 29.3 Å². The Labute approximate surface area is 153 Å². The molecular formula is C16H14Cl2FN5O. The van der Waals surface area contributed by atoms with E-state index in [9.17, 15) is 9.18 Å². The summed E-state index contributed by atoms with van der Waals surface area (Å²) in [5.41, 5.74) is 1.55. The van der Waals surface area contributed by atoms with Crippen molar-refractivity contribution < 1.29 is 9.18 Å². The van der Waals surface area contributed by atoms with Gasteiger partial charge in [-0.25, -0.2) is 4.39 Å². The SMILES string of the molecule is Cc1nn(C)c(C(=O)Nc2ccn(Cc3ccc(F)cc3Cl)n2)c1Cl. The summed E-state index contributed by atoms with van der Waals surface area (Å²) in [7, 11) is 1.64. The van der Waals surface area contributed by atoms with E-state index < -0.39 is 11.7 Å². The fourth-order valence-corrected chi connectivity index (χ4v) is 2.87. The predicted molar refractivity (Wildman–Crippen MR) is 93.6 cm³/mol. The van der Waals surface area contributed by atoms with Gasteiger partial charge < -0.3 is 5.32 Å². The first-order valence-corrected chi connectivity index (χ1v) is 8.08. The Bertz CT molecular complexity index is 950. The molecule has 2 heterocycles. The summed E-state index contributed by atoms with van der Waals surface area (Å²) in [4.78, 5) is 12.4. The van der Waals surface area contributed by atoms with E-state index in [1.807, 2.05) is 0 Å². The number of aromatic nitrogens is 4. The summed E-state index contributed by atoms with van der Waals surface area (Å²) >= 11 is 12.1. The number of aryl methyl sites for hydroxylation is 2. The van der Waals surface area contributed by atoms with Crippen LogP contribution in [0.5, 0.6) is 0 Å². The Balaban J connectivity index is 1.74. The third-order valence-electron chi connectivity index (χ3n) is 3.59. The van der Waals surface area contributed by atoms with Gasteiger partial charge in [0.15, 0.2) is 5.82 Å². The largest absolute Gasteiger partial charge is 0.304 e. The van der Waals surface area contributed by atoms with E-state index in [1.54, 1.807) is 37.0 Å². The monoisotopic (exact) mass is 381 g/mol. The number of hydrogen-bond donors (Lipinski definition) is 1. The van der Waals surface area contributed by atoms with Crippen molar-refractivity contribution in [3.8, 4) is 0 Å². The minimum absolute atomic E-state index is 0.260. The van der Waals surface area contributed by atoms with Gasteiger partial charge in [0.05, 0.1) is 17.3 Å². The minimum atomic E-state index is -0.404. The van der Waals surface area contributed by atoms with E-state index >= 15 is 0 Å². The molecule has 0 fully saturated rings. The smallest absolute Gasteiger partial charge is 0.276 e. The number of benzene rings is 1. The van der Waals surface area contributed by atoms with Crippen molar-refractivity contribution in [1.82, 2.24) is 19.6 Å². The minimum Gasteiger partial charge on any atom is -0.304 e. The van der Waals surface area contributed by atoms with Crippen molar-refractivity contribution in [3.63, 3.8) is 0 Å². The van der Waals surface area contributed by atoms with Crippen molar-refractivity contribution in [2.75, 3.05) is 5.32 Å². The van der Waals surface area contributed by atoms with Crippen molar-refractivity contribution >= 4 is 34.9 Å². The lowest BCUT2D eigenvalue weighted by Crippen LogP contribution is -2.17. The summed E-state index contributed by atoms with van der Waals surface area (Å²) < 4.78 is 16.1. The summed E-state index contributed by atoms with van der Waals surface area (Å²) in [6.45, 7) is 2.07. The zero-order valence-electron chi connectivity index (χ0n) is 13.4. The second kappa shape index (κ2) is 6.85. The maximum atomic E-state index is 13.1. The van der Waals surface area contributed by atoms with Crippen molar-refractivity contribution in [3.05, 3.63) is 63.3 Å². The number of anilines is 1. The normalized spacial score (nSPS) is 10.9. The highest BCUT2D eigenvalue weighted by atomic mass is 35.5. The third-order valence-corrected chi connectivity index (χ3v) is 4.40. The molecule has 0 bridgehead atoms. The van der Waals surface area contributed by atoms with Crippen molar-refractivity contribution in [2.45, 2.75) is 13.5 Å². The summed E-state index contributed by atoms with van der Waals surface area (Å²) in [5, 5.41) is 11.7. The van der Waals surface area contributed by atoms with Gasteiger partial charge in [-0.15, -0.1) is 0 Å².